The molecule has 7 heteroatoms. The van der Waals surface area contributed by atoms with Crippen molar-refractivity contribution in [3.05, 3.63) is 65.7 Å². The fourth-order valence-electron chi connectivity index (χ4n) is 3.09. The minimum atomic E-state index is -4.02. The molecule has 1 fully saturated rings. The van der Waals surface area contributed by atoms with Crippen molar-refractivity contribution < 1.29 is 17.8 Å². The Balaban J connectivity index is 0.000000221. The van der Waals surface area contributed by atoms with Crippen LogP contribution >= 0.6 is 0 Å². The topological polar surface area (TPSA) is 86.7 Å². The average molecular weight is 405 g/mol. The minimum absolute atomic E-state index is 0.0566. The number of nitrogens with one attached hydrogen (secondary N) is 1. The van der Waals surface area contributed by atoms with E-state index in [-0.39, 0.29) is 22.9 Å². The van der Waals surface area contributed by atoms with Crippen LogP contribution in [0.5, 0.6) is 0 Å². The predicted molar refractivity (Wildman–Crippen MR) is 110 cm³/mol. The van der Waals surface area contributed by atoms with Crippen molar-refractivity contribution >= 4 is 16.0 Å². The number of likely N-dealkylation sites (tertiary alicyclic amines) is 1. The Morgan fingerprint density at radius 2 is 1.75 bits per heavy atom. The summed E-state index contributed by atoms with van der Waals surface area (Å²) in [7, 11) is -2.00. The van der Waals surface area contributed by atoms with Gasteiger partial charge in [-0.2, -0.15) is 8.42 Å². The molecule has 152 valence electrons. The molecule has 1 amide bonds. The van der Waals surface area contributed by atoms with Crippen molar-refractivity contribution in [3.63, 3.8) is 0 Å². The zero-order valence-corrected chi connectivity index (χ0v) is 17.3. The summed E-state index contributed by atoms with van der Waals surface area (Å²) in [5, 5.41) is 3.09. The fraction of sp³-hybridized carbons (Fsp3) is 0.381. The Labute approximate surface area is 167 Å². The lowest BCUT2D eigenvalue weighted by Crippen LogP contribution is -2.42. The van der Waals surface area contributed by atoms with Gasteiger partial charge >= 0.3 is 0 Å². The minimum Gasteiger partial charge on any atom is -0.348 e. The Morgan fingerprint density at radius 1 is 1.14 bits per heavy atom. The number of aryl methyl sites for hydroxylation is 1. The van der Waals surface area contributed by atoms with Crippen molar-refractivity contribution in [3.8, 4) is 0 Å². The third kappa shape index (κ3) is 6.44. The quantitative estimate of drug-likeness (QED) is 0.764. The highest BCUT2D eigenvalue weighted by Crippen LogP contribution is 2.17. The maximum Gasteiger partial charge on any atom is 0.294 e. The van der Waals surface area contributed by atoms with Crippen molar-refractivity contribution in [2.75, 3.05) is 13.6 Å². The van der Waals surface area contributed by atoms with E-state index in [4.69, 9.17) is 4.55 Å². The van der Waals surface area contributed by atoms with Crippen LogP contribution in [-0.2, 0) is 14.9 Å². The number of hydrogen-bond donors (Lipinski definition) is 2. The number of benzene rings is 2. The van der Waals surface area contributed by atoms with Crippen LogP contribution in [0.25, 0.3) is 0 Å². The van der Waals surface area contributed by atoms with E-state index in [9.17, 15) is 13.2 Å². The van der Waals surface area contributed by atoms with Gasteiger partial charge in [0, 0.05) is 0 Å². The molecule has 0 aromatic heterocycles. The molecular formula is C21H28N2O4S. The van der Waals surface area contributed by atoms with Gasteiger partial charge in [0.25, 0.3) is 10.1 Å². The molecule has 0 unspecified atom stereocenters. The third-order valence-electron chi connectivity index (χ3n) is 4.80. The fourth-order valence-corrected chi connectivity index (χ4v) is 3.57. The number of nitrogens with zero attached hydrogens (tertiary/aromatic N) is 1. The number of rotatable bonds is 4. The standard InChI is InChI=1S/C14H20N2O.C7H8O3S/c1-11(12-7-4-3-5-8-12)15-14(17)13-9-6-10-16(13)2;1-6-2-4-7(5-3-6)11(8,9)10/h3-5,7-8,11,13H,6,9-10H2,1-2H3,(H,15,17);2-5H,1H3,(H,8,9,10)/t11-,13-;/m1./s1. The van der Waals surface area contributed by atoms with Crippen molar-refractivity contribution in [1.29, 1.82) is 0 Å². The van der Waals surface area contributed by atoms with E-state index in [1.165, 1.54) is 12.1 Å². The molecule has 1 aliphatic heterocycles. The van der Waals surface area contributed by atoms with Crippen LogP contribution in [-0.4, -0.2) is 43.4 Å². The number of amides is 1. The molecule has 1 saturated heterocycles. The second-order valence-corrected chi connectivity index (χ2v) is 8.49. The Kier molecular flexibility index (Phi) is 7.74. The predicted octanol–water partition coefficient (Wildman–Crippen LogP) is 3.20. The van der Waals surface area contributed by atoms with E-state index >= 15 is 0 Å². The van der Waals surface area contributed by atoms with Gasteiger partial charge < -0.3 is 5.32 Å². The molecule has 0 saturated carbocycles. The first kappa shape index (κ1) is 22.1. The second kappa shape index (κ2) is 9.82. The van der Waals surface area contributed by atoms with E-state index in [1.807, 2.05) is 51.2 Å². The summed E-state index contributed by atoms with van der Waals surface area (Å²) in [4.78, 5) is 14.2. The first-order valence-electron chi connectivity index (χ1n) is 9.28. The van der Waals surface area contributed by atoms with Crippen LogP contribution in [0.15, 0.2) is 59.5 Å². The maximum atomic E-state index is 12.1. The lowest BCUT2D eigenvalue weighted by atomic mass is 10.1. The zero-order chi connectivity index (χ0) is 20.7. The number of carbonyl (C=O) groups excluding carboxylic acids is 1. The van der Waals surface area contributed by atoms with Gasteiger partial charge in [-0.15, -0.1) is 0 Å². The van der Waals surface area contributed by atoms with E-state index in [0.717, 1.165) is 30.5 Å². The normalized spacial score (nSPS) is 18.1. The van der Waals surface area contributed by atoms with E-state index in [0.29, 0.717) is 0 Å². The summed E-state index contributed by atoms with van der Waals surface area (Å²) in [5.74, 6) is 0.154. The molecule has 6 nitrogen and oxygen atoms in total. The molecule has 1 heterocycles. The zero-order valence-electron chi connectivity index (χ0n) is 16.5. The van der Waals surface area contributed by atoms with Crippen LogP contribution in [0.3, 0.4) is 0 Å². The lowest BCUT2D eigenvalue weighted by Gasteiger charge is -2.22. The summed E-state index contributed by atoms with van der Waals surface area (Å²) < 4.78 is 29.6. The number of likely N-dealkylation sites (N-methyl/N-ethyl adjacent to an activating group) is 1. The van der Waals surface area contributed by atoms with Gasteiger partial charge in [-0.1, -0.05) is 48.0 Å². The second-order valence-electron chi connectivity index (χ2n) is 7.07. The maximum absolute atomic E-state index is 12.1. The summed E-state index contributed by atoms with van der Waals surface area (Å²) >= 11 is 0. The first-order chi connectivity index (χ1) is 13.2. The highest BCUT2D eigenvalue weighted by atomic mass is 32.2. The molecule has 2 N–H and O–H groups in total. The molecule has 2 aromatic rings. The van der Waals surface area contributed by atoms with E-state index in [2.05, 4.69) is 10.2 Å². The van der Waals surface area contributed by atoms with E-state index in [1.54, 1.807) is 12.1 Å². The van der Waals surface area contributed by atoms with Gasteiger partial charge in [0.05, 0.1) is 17.0 Å². The molecule has 28 heavy (non-hydrogen) atoms. The van der Waals surface area contributed by atoms with Crippen molar-refractivity contribution in [2.24, 2.45) is 0 Å². The Hall–Kier alpha value is -2.22. The molecule has 0 spiro atoms. The van der Waals surface area contributed by atoms with Gasteiger partial charge in [-0.05, 0) is 58.0 Å². The molecule has 3 rings (SSSR count). The molecule has 0 radical (unpaired) electrons. The summed E-state index contributed by atoms with van der Waals surface area (Å²) in [6.45, 7) is 4.90. The first-order valence-corrected chi connectivity index (χ1v) is 10.7. The Morgan fingerprint density at radius 3 is 2.25 bits per heavy atom. The molecular weight excluding hydrogens is 376 g/mol. The van der Waals surface area contributed by atoms with Gasteiger partial charge in [-0.3, -0.25) is 14.2 Å². The van der Waals surface area contributed by atoms with Crippen LogP contribution in [0.4, 0.5) is 0 Å². The highest BCUT2D eigenvalue weighted by Gasteiger charge is 2.28. The number of carbonyl (C=O) groups is 1. The van der Waals surface area contributed by atoms with Gasteiger partial charge in [-0.25, -0.2) is 0 Å². The van der Waals surface area contributed by atoms with Crippen LogP contribution in [0.1, 0.15) is 36.9 Å². The number of hydrogen-bond acceptors (Lipinski definition) is 4. The molecule has 2 atom stereocenters. The van der Waals surface area contributed by atoms with Gasteiger partial charge in [0.1, 0.15) is 0 Å². The lowest BCUT2D eigenvalue weighted by molar-refractivity contribution is -0.125. The molecule has 0 bridgehead atoms. The third-order valence-corrected chi connectivity index (χ3v) is 5.67. The smallest absolute Gasteiger partial charge is 0.294 e. The highest BCUT2D eigenvalue weighted by molar-refractivity contribution is 7.85. The largest absolute Gasteiger partial charge is 0.348 e. The monoisotopic (exact) mass is 404 g/mol. The van der Waals surface area contributed by atoms with Crippen molar-refractivity contribution in [2.45, 2.75) is 43.7 Å². The van der Waals surface area contributed by atoms with Crippen molar-refractivity contribution in [1.82, 2.24) is 10.2 Å². The van der Waals surface area contributed by atoms with Crippen LogP contribution < -0.4 is 5.32 Å². The molecule has 0 aliphatic carbocycles. The van der Waals surface area contributed by atoms with Crippen LogP contribution in [0.2, 0.25) is 0 Å². The Bertz CT molecular complexity index is 867. The van der Waals surface area contributed by atoms with Gasteiger partial charge in [0.2, 0.25) is 5.91 Å². The molecule has 2 aromatic carbocycles. The average Bonchev–Trinajstić information content (AvgIpc) is 3.08. The molecule has 1 aliphatic rings. The summed E-state index contributed by atoms with van der Waals surface area (Å²) in [6.07, 6.45) is 2.10. The summed E-state index contributed by atoms with van der Waals surface area (Å²) in [6, 6.07) is 16.2. The van der Waals surface area contributed by atoms with E-state index < -0.39 is 10.1 Å². The van der Waals surface area contributed by atoms with Gasteiger partial charge in [0.15, 0.2) is 0 Å². The SMILES string of the molecule is C[C@@H](NC(=O)[C@H]1CCCN1C)c1ccccc1.Cc1ccc(S(=O)(=O)O)cc1. The summed E-state index contributed by atoms with van der Waals surface area (Å²) in [5.41, 5.74) is 2.11. The van der Waals surface area contributed by atoms with Crippen LogP contribution in [0, 0.1) is 6.92 Å².